The van der Waals surface area contributed by atoms with Gasteiger partial charge in [0.15, 0.2) is 0 Å². The molecule has 0 fully saturated rings. The van der Waals surface area contributed by atoms with Gasteiger partial charge in [-0.25, -0.2) is 0 Å². The van der Waals surface area contributed by atoms with Gasteiger partial charge in [-0.1, -0.05) is 17.7 Å². The topological polar surface area (TPSA) is 38.5 Å². The van der Waals surface area contributed by atoms with E-state index in [1.54, 1.807) is 7.11 Å². The zero-order chi connectivity index (χ0) is 12.1. The van der Waals surface area contributed by atoms with Crippen molar-refractivity contribution in [2.75, 3.05) is 26.5 Å². The first-order chi connectivity index (χ1) is 7.56. The first-order valence-corrected chi connectivity index (χ1v) is 5.66. The standard InChI is InChI=1S/C12H19ClN2O/c1-9(8-16-3)15(2)7-10-11(13)5-4-6-12(10)14/h4-6,9H,7-8,14H2,1-3H3. The molecule has 1 unspecified atom stereocenters. The van der Waals surface area contributed by atoms with Crippen molar-refractivity contribution in [2.45, 2.75) is 19.5 Å². The minimum absolute atomic E-state index is 0.334. The molecule has 1 aromatic carbocycles. The van der Waals surface area contributed by atoms with Crippen molar-refractivity contribution in [3.63, 3.8) is 0 Å². The Hall–Kier alpha value is -0.770. The van der Waals surface area contributed by atoms with Crippen LogP contribution in [-0.4, -0.2) is 31.7 Å². The van der Waals surface area contributed by atoms with Crippen LogP contribution < -0.4 is 5.73 Å². The molecule has 0 amide bonds. The Labute approximate surface area is 102 Å². The van der Waals surface area contributed by atoms with E-state index in [0.29, 0.717) is 12.6 Å². The average Bonchev–Trinajstić information content (AvgIpc) is 2.23. The van der Waals surface area contributed by atoms with E-state index in [9.17, 15) is 0 Å². The number of rotatable bonds is 5. The van der Waals surface area contributed by atoms with E-state index in [0.717, 1.165) is 22.8 Å². The minimum atomic E-state index is 0.334. The lowest BCUT2D eigenvalue weighted by atomic mass is 10.1. The van der Waals surface area contributed by atoms with Crippen LogP contribution in [0, 0.1) is 0 Å². The van der Waals surface area contributed by atoms with Gasteiger partial charge in [-0.3, -0.25) is 4.90 Å². The number of anilines is 1. The third kappa shape index (κ3) is 3.37. The number of likely N-dealkylation sites (N-methyl/N-ethyl adjacent to an activating group) is 1. The van der Waals surface area contributed by atoms with Gasteiger partial charge >= 0.3 is 0 Å². The number of hydrogen-bond donors (Lipinski definition) is 1. The summed E-state index contributed by atoms with van der Waals surface area (Å²) in [6.45, 7) is 3.54. The van der Waals surface area contributed by atoms with Gasteiger partial charge < -0.3 is 10.5 Å². The molecule has 90 valence electrons. The molecule has 1 rings (SSSR count). The molecule has 0 aliphatic heterocycles. The van der Waals surface area contributed by atoms with Crippen LogP contribution in [0.15, 0.2) is 18.2 Å². The Morgan fingerprint density at radius 3 is 2.75 bits per heavy atom. The average molecular weight is 243 g/mol. The second-order valence-electron chi connectivity index (χ2n) is 4.03. The maximum atomic E-state index is 6.12. The monoisotopic (exact) mass is 242 g/mol. The molecule has 0 spiro atoms. The van der Waals surface area contributed by atoms with E-state index in [4.69, 9.17) is 22.1 Å². The number of methoxy groups -OCH3 is 1. The van der Waals surface area contributed by atoms with Gasteiger partial charge in [0, 0.05) is 36.0 Å². The second-order valence-corrected chi connectivity index (χ2v) is 4.43. The molecule has 16 heavy (non-hydrogen) atoms. The molecular weight excluding hydrogens is 224 g/mol. The summed E-state index contributed by atoms with van der Waals surface area (Å²) in [6, 6.07) is 5.93. The van der Waals surface area contributed by atoms with Crippen LogP contribution in [0.4, 0.5) is 5.69 Å². The molecule has 0 saturated carbocycles. The Morgan fingerprint density at radius 1 is 1.50 bits per heavy atom. The van der Waals surface area contributed by atoms with E-state index in [-0.39, 0.29) is 0 Å². The van der Waals surface area contributed by atoms with Crippen LogP contribution in [0.25, 0.3) is 0 Å². The van der Waals surface area contributed by atoms with E-state index in [2.05, 4.69) is 11.8 Å². The summed E-state index contributed by atoms with van der Waals surface area (Å²) < 4.78 is 5.12. The lowest BCUT2D eigenvalue weighted by molar-refractivity contribution is 0.112. The highest BCUT2D eigenvalue weighted by molar-refractivity contribution is 6.31. The lowest BCUT2D eigenvalue weighted by Gasteiger charge is -2.25. The third-order valence-corrected chi connectivity index (χ3v) is 3.08. The summed E-state index contributed by atoms with van der Waals surface area (Å²) >= 11 is 6.12. The van der Waals surface area contributed by atoms with E-state index < -0.39 is 0 Å². The predicted octanol–water partition coefficient (Wildman–Crippen LogP) is 2.39. The van der Waals surface area contributed by atoms with E-state index in [1.807, 2.05) is 25.2 Å². The van der Waals surface area contributed by atoms with Gasteiger partial charge in [0.25, 0.3) is 0 Å². The molecular formula is C12H19ClN2O. The van der Waals surface area contributed by atoms with Crippen molar-refractivity contribution in [1.29, 1.82) is 0 Å². The maximum absolute atomic E-state index is 6.12. The molecule has 2 N–H and O–H groups in total. The van der Waals surface area contributed by atoms with Gasteiger partial charge in [-0.15, -0.1) is 0 Å². The van der Waals surface area contributed by atoms with E-state index in [1.165, 1.54) is 0 Å². The second kappa shape index (κ2) is 6.09. The fourth-order valence-electron chi connectivity index (χ4n) is 1.52. The molecule has 0 bridgehead atoms. The lowest BCUT2D eigenvalue weighted by Crippen LogP contribution is -2.32. The summed E-state index contributed by atoms with van der Waals surface area (Å²) in [5.74, 6) is 0. The molecule has 0 aromatic heterocycles. The number of halogens is 1. The van der Waals surface area contributed by atoms with Gasteiger partial charge in [0.2, 0.25) is 0 Å². The maximum Gasteiger partial charge on any atom is 0.0615 e. The van der Waals surface area contributed by atoms with Crippen molar-refractivity contribution in [1.82, 2.24) is 4.90 Å². The SMILES string of the molecule is COCC(C)N(C)Cc1c(N)cccc1Cl. The summed E-state index contributed by atoms with van der Waals surface area (Å²) in [5.41, 5.74) is 7.62. The quantitative estimate of drug-likeness (QED) is 0.806. The van der Waals surface area contributed by atoms with Crippen molar-refractivity contribution in [2.24, 2.45) is 0 Å². The van der Waals surface area contributed by atoms with Crippen LogP contribution in [0.3, 0.4) is 0 Å². The Bertz CT molecular complexity index is 324. The number of nitrogens with zero attached hydrogens (tertiary/aromatic N) is 1. The van der Waals surface area contributed by atoms with Crippen LogP contribution in [-0.2, 0) is 11.3 Å². The largest absolute Gasteiger partial charge is 0.398 e. The Balaban J connectivity index is 2.72. The zero-order valence-corrected chi connectivity index (χ0v) is 10.8. The van der Waals surface area contributed by atoms with Crippen LogP contribution in [0.5, 0.6) is 0 Å². The Morgan fingerprint density at radius 2 is 2.19 bits per heavy atom. The van der Waals surface area contributed by atoms with Crippen LogP contribution >= 0.6 is 11.6 Å². The number of hydrogen-bond acceptors (Lipinski definition) is 3. The zero-order valence-electron chi connectivity index (χ0n) is 10.0. The summed E-state index contributed by atoms with van der Waals surface area (Å²) in [6.07, 6.45) is 0. The van der Waals surface area contributed by atoms with E-state index >= 15 is 0 Å². The van der Waals surface area contributed by atoms with Crippen molar-refractivity contribution < 1.29 is 4.74 Å². The van der Waals surface area contributed by atoms with Gasteiger partial charge in [-0.2, -0.15) is 0 Å². The summed E-state index contributed by atoms with van der Waals surface area (Å²) in [7, 11) is 3.74. The normalized spacial score (nSPS) is 13.1. The molecule has 1 atom stereocenters. The highest BCUT2D eigenvalue weighted by Crippen LogP contribution is 2.23. The summed E-state index contributed by atoms with van der Waals surface area (Å²) in [4.78, 5) is 2.17. The first kappa shape index (κ1) is 13.3. The summed E-state index contributed by atoms with van der Waals surface area (Å²) in [5, 5.41) is 0.719. The number of nitrogen functional groups attached to an aromatic ring is 1. The molecule has 0 radical (unpaired) electrons. The van der Waals surface area contributed by atoms with Crippen LogP contribution in [0.1, 0.15) is 12.5 Å². The molecule has 0 heterocycles. The predicted molar refractivity (Wildman–Crippen MR) is 68.7 cm³/mol. The van der Waals surface area contributed by atoms with Crippen molar-refractivity contribution in [3.8, 4) is 0 Å². The number of ether oxygens (including phenoxy) is 1. The smallest absolute Gasteiger partial charge is 0.0615 e. The molecule has 1 aromatic rings. The third-order valence-electron chi connectivity index (χ3n) is 2.72. The molecule has 0 aliphatic carbocycles. The number of nitrogens with two attached hydrogens (primary N) is 1. The number of benzene rings is 1. The first-order valence-electron chi connectivity index (χ1n) is 5.28. The fourth-order valence-corrected chi connectivity index (χ4v) is 1.76. The van der Waals surface area contributed by atoms with Crippen molar-refractivity contribution in [3.05, 3.63) is 28.8 Å². The van der Waals surface area contributed by atoms with Crippen LogP contribution in [0.2, 0.25) is 5.02 Å². The van der Waals surface area contributed by atoms with Gasteiger partial charge in [-0.05, 0) is 26.1 Å². The molecule has 0 saturated heterocycles. The molecule has 3 nitrogen and oxygen atoms in total. The highest BCUT2D eigenvalue weighted by Gasteiger charge is 2.12. The highest BCUT2D eigenvalue weighted by atomic mass is 35.5. The fraction of sp³-hybridized carbons (Fsp3) is 0.500. The minimum Gasteiger partial charge on any atom is -0.398 e. The van der Waals surface area contributed by atoms with Gasteiger partial charge in [0.05, 0.1) is 6.61 Å². The molecule has 0 aliphatic rings. The van der Waals surface area contributed by atoms with Crippen molar-refractivity contribution >= 4 is 17.3 Å². The molecule has 4 heteroatoms. The van der Waals surface area contributed by atoms with Gasteiger partial charge in [0.1, 0.15) is 0 Å². The Kier molecular flexibility index (Phi) is 5.06.